The van der Waals surface area contributed by atoms with E-state index in [1.54, 1.807) is 0 Å². The van der Waals surface area contributed by atoms with Crippen molar-refractivity contribution in [3.63, 3.8) is 0 Å². The molecule has 0 aliphatic heterocycles. The van der Waals surface area contributed by atoms with Crippen molar-refractivity contribution < 1.29 is 4.79 Å². The first kappa shape index (κ1) is 8.11. The summed E-state index contributed by atoms with van der Waals surface area (Å²) in [6, 6.07) is 0. The third-order valence-corrected chi connectivity index (χ3v) is 2.54. The first-order valence-electron chi connectivity index (χ1n) is 2.27. The van der Waals surface area contributed by atoms with Crippen LogP contribution in [-0.2, 0) is 4.79 Å². The quantitative estimate of drug-likeness (QED) is 0.303. The van der Waals surface area contributed by atoms with Crippen LogP contribution in [0.15, 0.2) is 4.99 Å². The SMILES string of the molecule is CC(C)(CI)N=C=O. The van der Waals surface area contributed by atoms with E-state index in [-0.39, 0.29) is 5.54 Å². The Morgan fingerprint density at radius 1 is 1.75 bits per heavy atom. The van der Waals surface area contributed by atoms with Gasteiger partial charge >= 0.3 is 0 Å². The predicted molar refractivity (Wildman–Crippen MR) is 41.1 cm³/mol. The average Bonchev–Trinajstić information content (AvgIpc) is 1.67. The summed E-state index contributed by atoms with van der Waals surface area (Å²) in [6.45, 7) is 3.79. The minimum atomic E-state index is -0.220. The number of aliphatic imine (C=N–C) groups is 1. The smallest absolute Gasteiger partial charge is 0.211 e. The molecule has 0 heterocycles. The Morgan fingerprint density at radius 2 is 2.25 bits per heavy atom. The van der Waals surface area contributed by atoms with Crippen molar-refractivity contribution in [2.75, 3.05) is 4.43 Å². The normalized spacial score (nSPS) is 10.4. The van der Waals surface area contributed by atoms with Crippen molar-refractivity contribution in [2.45, 2.75) is 19.4 Å². The van der Waals surface area contributed by atoms with Crippen molar-refractivity contribution in [3.05, 3.63) is 0 Å². The molecule has 0 atom stereocenters. The highest BCUT2D eigenvalue weighted by Crippen LogP contribution is 2.10. The van der Waals surface area contributed by atoms with E-state index in [4.69, 9.17) is 0 Å². The van der Waals surface area contributed by atoms with Gasteiger partial charge in [-0.05, 0) is 13.8 Å². The van der Waals surface area contributed by atoms with E-state index >= 15 is 0 Å². The van der Waals surface area contributed by atoms with Gasteiger partial charge in [0.05, 0.1) is 5.54 Å². The predicted octanol–water partition coefficient (Wildman–Crippen LogP) is 1.54. The molecule has 0 aromatic rings. The van der Waals surface area contributed by atoms with Crippen LogP contribution in [0, 0.1) is 0 Å². The Bertz CT molecular complexity index is 116. The van der Waals surface area contributed by atoms with E-state index in [9.17, 15) is 4.79 Å². The number of hydrogen-bond acceptors (Lipinski definition) is 2. The van der Waals surface area contributed by atoms with Crippen LogP contribution < -0.4 is 0 Å². The molecule has 3 heteroatoms. The van der Waals surface area contributed by atoms with E-state index in [2.05, 4.69) is 27.6 Å². The molecule has 0 aromatic carbocycles. The van der Waals surface area contributed by atoms with E-state index in [1.807, 2.05) is 13.8 Å². The second kappa shape index (κ2) is 3.20. The highest BCUT2D eigenvalue weighted by atomic mass is 127. The van der Waals surface area contributed by atoms with Crippen molar-refractivity contribution in [3.8, 4) is 0 Å². The van der Waals surface area contributed by atoms with Crippen LogP contribution in [0.5, 0.6) is 0 Å². The Labute approximate surface area is 62.5 Å². The molecule has 0 aliphatic carbocycles. The maximum absolute atomic E-state index is 9.68. The molecule has 0 aliphatic rings. The maximum Gasteiger partial charge on any atom is 0.235 e. The third-order valence-electron chi connectivity index (χ3n) is 0.675. The Morgan fingerprint density at radius 3 is 2.38 bits per heavy atom. The summed E-state index contributed by atoms with van der Waals surface area (Å²) in [7, 11) is 0. The van der Waals surface area contributed by atoms with Crippen LogP contribution in [0.2, 0.25) is 0 Å². The fourth-order valence-electron chi connectivity index (χ4n) is 0.153. The molecular weight excluding hydrogens is 217 g/mol. The second-order valence-corrected chi connectivity index (χ2v) is 2.91. The molecular formula is C5H8INO. The topological polar surface area (TPSA) is 29.4 Å². The first-order valence-corrected chi connectivity index (χ1v) is 3.80. The molecule has 2 nitrogen and oxygen atoms in total. The minimum absolute atomic E-state index is 0.220. The fourth-order valence-corrected chi connectivity index (χ4v) is 0.324. The summed E-state index contributed by atoms with van der Waals surface area (Å²) in [5.74, 6) is 0. The summed E-state index contributed by atoms with van der Waals surface area (Å²) in [5, 5.41) is 0. The number of isocyanates is 1. The van der Waals surface area contributed by atoms with Crippen LogP contribution >= 0.6 is 22.6 Å². The summed E-state index contributed by atoms with van der Waals surface area (Å²) in [5.41, 5.74) is -0.220. The molecule has 0 aromatic heterocycles. The molecule has 0 saturated carbocycles. The molecule has 0 fully saturated rings. The minimum Gasteiger partial charge on any atom is -0.211 e. The van der Waals surface area contributed by atoms with E-state index in [0.717, 1.165) is 4.43 Å². The van der Waals surface area contributed by atoms with Crippen LogP contribution in [0.3, 0.4) is 0 Å². The lowest BCUT2D eigenvalue weighted by atomic mass is 10.1. The van der Waals surface area contributed by atoms with E-state index in [1.165, 1.54) is 6.08 Å². The molecule has 0 rings (SSSR count). The molecule has 0 saturated heterocycles. The van der Waals surface area contributed by atoms with Crippen LogP contribution in [0.1, 0.15) is 13.8 Å². The number of rotatable bonds is 2. The van der Waals surface area contributed by atoms with Gasteiger partial charge in [-0.25, -0.2) is 4.79 Å². The molecule has 0 spiro atoms. The van der Waals surface area contributed by atoms with Crippen LogP contribution in [0.25, 0.3) is 0 Å². The molecule has 0 amide bonds. The van der Waals surface area contributed by atoms with Gasteiger partial charge in [-0.2, -0.15) is 4.99 Å². The summed E-state index contributed by atoms with van der Waals surface area (Å²) >= 11 is 2.18. The lowest BCUT2D eigenvalue weighted by molar-refractivity contribution is 0.541. The van der Waals surface area contributed by atoms with Gasteiger partial charge in [0.25, 0.3) is 0 Å². The molecule has 0 unspecified atom stereocenters. The van der Waals surface area contributed by atoms with Gasteiger partial charge < -0.3 is 0 Å². The van der Waals surface area contributed by atoms with Gasteiger partial charge in [0, 0.05) is 4.43 Å². The third kappa shape index (κ3) is 3.16. The standard InChI is InChI=1S/C5H8INO/c1-5(2,3-6)7-4-8/h3H2,1-2H3. The summed E-state index contributed by atoms with van der Waals surface area (Å²) < 4.78 is 0.847. The number of hydrogen-bond donors (Lipinski definition) is 0. The van der Waals surface area contributed by atoms with Gasteiger partial charge in [-0.3, -0.25) is 0 Å². The summed E-state index contributed by atoms with van der Waals surface area (Å²) in [4.78, 5) is 13.2. The van der Waals surface area contributed by atoms with Crippen molar-refractivity contribution in [2.24, 2.45) is 4.99 Å². The van der Waals surface area contributed by atoms with E-state index in [0.29, 0.717) is 0 Å². The van der Waals surface area contributed by atoms with Crippen molar-refractivity contribution in [1.29, 1.82) is 0 Å². The molecule has 0 N–H and O–H groups in total. The second-order valence-electron chi connectivity index (χ2n) is 2.15. The van der Waals surface area contributed by atoms with Gasteiger partial charge in [-0.1, -0.05) is 22.6 Å². The highest BCUT2D eigenvalue weighted by Gasteiger charge is 2.12. The number of alkyl halides is 1. The Hall–Kier alpha value is 0.110. The van der Waals surface area contributed by atoms with Gasteiger partial charge in [0.2, 0.25) is 6.08 Å². The monoisotopic (exact) mass is 225 g/mol. The number of nitrogens with zero attached hydrogens (tertiary/aromatic N) is 1. The zero-order valence-corrected chi connectivity index (χ0v) is 7.10. The largest absolute Gasteiger partial charge is 0.235 e. The first-order chi connectivity index (χ1) is 3.62. The fraction of sp³-hybridized carbons (Fsp3) is 0.800. The van der Waals surface area contributed by atoms with Gasteiger partial charge in [-0.15, -0.1) is 0 Å². The van der Waals surface area contributed by atoms with Gasteiger partial charge in [0.1, 0.15) is 0 Å². The van der Waals surface area contributed by atoms with Crippen LogP contribution in [-0.4, -0.2) is 16.0 Å². The van der Waals surface area contributed by atoms with E-state index < -0.39 is 0 Å². The molecule has 0 radical (unpaired) electrons. The number of halogens is 1. The molecule has 8 heavy (non-hydrogen) atoms. The Kier molecular flexibility index (Phi) is 3.24. The zero-order chi connectivity index (χ0) is 6.62. The van der Waals surface area contributed by atoms with Crippen molar-refractivity contribution in [1.82, 2.24) is 0 Å². The maximum atomic E-state index is 9.68. The highest BCUT2D eigenvalue weighted by molar-refractivity contribution is 14.1. The van der Waals surface area contributed by atoms with Gasteiger partial charge in [0.15, 0.2) is 0 Å². The molecule has 0 bridgehead atoms. The number of carbonyl (C=O) groups excluding carboxylic acids is 1. The zero-order valence-electron chi connectivity index (χ0n) is 4.94. The summed E-state index contributed by atoms with van der Waals surface area (Å²) in [6.07, 6.45) is 1.53. The lowest BCUT2D eigenvalue weighted by Crippen LogP contribution is -2.17. The van der Waals surface area contributed by atoms with Crippen LogP contribution in [0.4, 0.5) is 0 Å². The Balaban J connectivity index is 3.90. The molecule has 46 valence electrons. The lowest BCUT2D eigenvalue weighted by Gasteiger charge is -2.10. The average molecular weight is 225 g/mol. The van der Waals surface area contributed by atoms with Crippen molar-refractivity contribution >= 4 is 28.7 Å².